The van der Waals surface area contributed by atoms with E-state index < -0.39 is 14.8 Å². The lowest BCUT2D eigenvalue weighted by molar-refractivity contribution is -0.384. The zero-order valence-corrected chi connectivity index (χ0v) is 12.2. The second-order valence-electron chi connectivity index (χ2n) is 4.98. The molecule has 2 rings (SSSR count). The summed E-state index contributed by atoms with van der Waals surface area (Å²) < 4.78 is 23.7. The highest BCUT2D eigenvalue weighted by Gasteiger charge is 2.24. The molecule has 7 nitrogen and oxygen atoms in total. The molecule has 110 valence electrons. The van der Waals surface area contributed by atoms with Gasteiger partial charge in [0, 0.05) is 44.1 Å². The average molecular weight is 299 g/mol. The predicted molar refractivity (Wildman–Crippen MR) is 75.9 cm³/mol. The molecule has 20 heavy (non-hydrogen) atoms. The number of benzene rings is 1. The van der Waals surface area contributed by atoms with Gasteiger partial charge in [-0.25, -0.2) is 8.42 Å². The molecule has 0 aliphatic carbocycles. The van der Waals surface area contributed by atoms with Crippen LogP contribution in [0.25, 0.3) is 0 Å². The highest BCUT2D eigenvalue weighted by molar-refractivity contribution is 7.90. The van der Waals surface area contributed by atoms with Gasteiger partial charge in [-0.2, -0.15) is 0 Å². The summed E-state index contributed by atoms with van der Waals surface area (Å²) in [7, 11) is -3.43. The SMILES string of the molecule is CC1CN(c2cc([N+](=O)[O-])ccc2S(C)(=O)=O)CCN1. The first kappa shape index (κ1) is 14.7. The average Bonchev–Trinajstić information content (AvgIpc) is 2.37. The number of nitro groups is 1. The molecule has 0 aromatic heterocycles. The lowest BCUT2D eigenvalue weighted by Crippen LogP contribution is -2.49. The van der Waals surface area contributed by atoms with E-state index in [1.54, 1.807) is 0 Å². The van der Waals surface area contributed by atoms with Gasteiger partial charge in [-0.15, -0.1) is 0 Å². The molecule has 1 aliphatic heterocycles. The van der Waals surface area contributed by atoms with Crippen molar-refractivity contribution >= 4 is 21.2 Å². The van der Waals surface area contributed by atoms with Crippen LogP contribution < -0.4 is 10.2 Å². The molecule has 0 bridgehead atoms. The number of nitrogens with zero attached hydrogens (tertiary/aromatic N) is 2. The summed E-state index contributed by atoms with van der Waals surface area (Å²) in [6.45, 7) is 3.94. The van der Waals surface area contributed by atoms with Crippen molar-refractivity contribution in [3.63, 3.8) is 0 Å². The maximum Gasteiger partial charge on any atom is 0.271 e. The van der Waals surface area contributed by atoms with E-state index >= 15 is 0 Å². The van der Waals surface area contributed by atoms with Gasteiger partial charge < -0.3 is 10.2 Å². The predicted octanol–water partition coefficient (Wildman–Crippen LogP) is 0.796. The third-order valence-corrected chi connectivity index (χ3v) is 4.41. The molecule has 0 spiro atoms. The molecule has 1 aromatic carbocycles. The van der Waals surface area contributed by atoms with Crippen LogP contribution in [0.5, 0.6) is 0 Å². The smallest absolute Gasteiger partial charge is 0.271 e. The maximum absolute atomic E-state index is 11.8. The zero-order chi connectivity index (χ0) is 14.9. The molecule has 1 saturated heterocycles. The second kappa shape index (κ2) is 5.37. The van der Waals surface area contributed by atoms with Gasteiger partial charge in [0.2, 0.25) is 0 Å². The van der Waals surface area contributed by atoms with Gasteiger partial charge in [-0.3, -0.25) is 10.1 Å². The first-order chi connectivity index (χ1) is 9.29. The summed E-state index contributed by atoms with van der Waals surface area (Å²) >= 11 is 0. The number of piperazine rings is 1. The van der Waals surface area contributed by atoms with E-state index in [0.717, 1.165) is 6.26 Å². The van der Waals surface area contributed by atoms with Crippen molar-refractivity contribution in [1.82, 2.24) is 5.32 Å². The minimum absolute atomic E-state index is 0.0985. The quantitative estimate of drug-likeness (QED) is 0.655. The summed E-state index contributed by atoms with van der Waals surface area (Å²) in [5.74, 6) is 0. The normalized spacial score (nSPS) is 19.9. The van der Waals surface area contributed by atoms with Crippen LogP contribution in [0.15, 0.2) is 23.1 Å². The van der Waals surface area contributed by atoms with E-state index in [-0.39, 0.29) is 16.6 Å². The van der Waals surface area contributed by atoms with Gasteiger partial charge in [-0.05, 0) is 13.0 Å². The number of sulfone groups is 1. The van der Waals surface area contributed by atoms with E-state index in [0.29, 0.717) is 25.3 Å². The number of rotatable bonds is 3. The van der Waals surface area contributed by atoms with Crippen LogP contribution in [0, 0.1) is 10.1 Å². The molecule has 1 heterocycles. The first-order valence-electron chi connectivity index (χ1n) is 6.26. The number of nitrogens with one attached hydrogen (secondary N) is 1. The number of non-ortho nitro benzene ring substituents is 1. The standard InChI is InChI=1S/C12H17N3O4S/c1-9-8-14(6-5-13-9)11-7-10(15(16)17)3-4-12(11)20(2,18)19/h3-4,7,9,13H,5-6,8H2,1-2H3. The van der Waals surface area contributed by atoms with Crippen LogP contribution in [0.4, 0.5) is 11.4 Å². The molecule has 1 N–H and O–H groups in total. The molecular formula is C12H17N3O4S. The van der Waals surface area contributed by atoms with Crippen molar-refractivity contribution in [2.45, 2.75) is 17.9 Å². The van der Waals surface area contributed by atoms with Gasteiger partial charge in [0.05, 0.1) is 15.5 Å². The third-order valence-electron chi connectivity index (χ3n) is 3.26. The minimum atomic E-state index is -3.43. The zero-order valence-electron chi connectivity index (χ0n) is 11.4. The van der Waals surface area contributed by atoms with Crippen molar-refractivity contribution in [2.24, 2.45) is 0 Å². The molecule has 1 fully saturated rings. The van der Waals surface area contributed by atoms with Crippen LogP contribution in [0.1, 0.15) is 6.92 Å². The summed E-state index contributed by atoms with van der Waals surface area (Å²) in [5.41, 5.74) is 0.314. The van der Waals surface area contributed by atoms with Crippen molar-refractivity contribution in [2.75, 3.05) is 30.8 Å². The van der Waals surface area contributed by atoms with Crippen molar-refractivity contribution in [3.8, 4) is 0 Å². The van der Waals surface area contributed by atoms with Gasteiger partial charge in [0.25, 0.3) is 5.69 Å². The van der Waals surface area contributed by atoms with Crippen molar-refractivity contribution in [1.29, 1.82) is 0 Å². The van der Waals surface area contributed by atoms with E-state index in [9.17, 15) is 18.5 Å². The van der Waals surface area contributed by atoms with Crippen LogP contribution >= 0.6 is 0 Å². The Hall–Kier alpha value is -1.67. The Bertz CT molecular complexity index is 630. The number of hydrogen-bond donors (Lipinski definition) is 1. The highest BCUT2D eigenvalue weighted by Crippen LogP contribution is 2.30. The number of hydrogen-bond acceptors (Lipinski definition) is 6. The second-order valence-corrected chi connectivity index (χ2v) is 6.97. The Morgan fingerprint density at radius 1 is 1.45 bits per heavy atom. The Balaban J connectivity index is 2.51. The Morgan fingerprint density at radius 3 is 2.70 bits per heavy atom. The van der Waals surface area contributed by atoms with Crippen molar-refractivity contribution in [3.05, 3.63) is 28.3 Å². The fourth-order valence-corrected chi connectivity index (χ4v) is 3.21. The number of nitro benzene ring substituents is 1. The van der Waals surface area contributed by atoms with Crippen molar-refractivity contribution < 1.29 is 13.3 Å². The van der Waals surface area contributed by atoms with E-state index in [4.69, 9.17) is 0 Å². The molecule has 8 heteroatoms. The number of anilines is 1. The largest absolute Gasteiger partial charge is 0.367 e. The Kier molecular flexibility index (Phi) is 3.96. The van der Waals surface area contributed by atoms with Crippen LogP contribution in [-0.4, -0.2) is 45.3 Å². The highest BCUT2D eigenvalue weighted by atomic mass is 32.2. The lowest BCUT2D eigenvalue weighted by Gasteiger charge is -2.34. The fourth-order valence-electron chi connectivity index (χ4n) is 2.33. The molecule has 1 atom stereocenters. The Morgan fingerprint density at radius 2 is 2.15 bits per heavy atom. The summed E-state index contributed by atoms with van der Waals surface area (Å²) in [6.07, 6.45) is 1.11. The summed E-state index contributed by atoms with van der Waals surface area (Å²) in [4.78, 5) is 12.4. The van der Waals surface area contributed by atoms with Gasteiger partial charge in [0.15, 0.2) is 9.84 Å². The molecule has 1 unspecified atom stereocenters. The summed E-state index contributed by atoms with van der Waals surface area (Å²) in [5, 5.41) is 14.1. The topological polar surface area (TPSA) is 92.5 Å². The molecular weight excluding hydrogens is 282 g/mol. The van der Waals surface area contributed by atoms with E-state index in [1.165, 1.54) is 18.2 Å². The monoisotopic (exact) mass is 299 g/mol. The van der Waals surface area contributed by atoms with Crippen LogP contribution in [0.3, 0.4) is 0 Å². The molecule has 0 amide bonds. The van der Waals surface area contributed by atoms with E-state index in [1.807, 2.05) is 11.8 Å². The lowest BCUT2D eigenvalue weighted by atomic mass is 10.2. The van der Waals surface area contributed by atoms with Crippen LogP contribution in [0.2, 0.25) is 0 Å². The Labute approximate surface area is 117 Å². The van der Waals surface area contributed by atoms with Gasteiger partial charge in [0.1, 0.15) is 0 Å². The third kappa shape index (κ3) is 3.07. The van der Waals surface area contributed by atoms with E-state index in [2.05, 4.69) is 5.32 Å². The summed E-state index contributed by atoms with van der Waals surface area (Å²) in [6, 6.07) is 4.09. The first-order valence-corrected chi connectivity index (χ1v) is 8.15. The minimum Gasteiger partial charge on any atom is -0.367 e. The fraction of sp³-hybridized carbons (Fsp3) is 0.500. The van der Waals surface area contributed by atoms with Gasteiger partial charge >= 0.3 is 0 Å². The molecule has 0 radical (unpaired) electrons. The van der Waals surface area contributed by atoms with Crippen LogP contribution in [-0.2, 0) is 9.84 Å². The molecule has 0 saturated carbocycles. The molecule has 1 aromatic rings. The molecule has 1 aliphatic rings. The van der Waals surface area contributed by atoms with Gasteiger partial charge in [-0.1, -0.05) is 0 Å². The maximum atomic E-state index is 11.8.